The van der Waals surface area contributed by atoms with Crippen molar-refractivity contribution in [1.29, 1.82) is 0 Å². The van der Waals surface area contributed by atoms with Crippen molar-refractivity contribution >= 4 is 11.8 Å². The first-order valence-corrected chi connectivity index (χ1v) is 12.1. The van der Waals surface area contributed by atoms with E-state index >= 15 is 0 Å². The smallest absolute Gasteiger partial charge is 0.222 e. The van der Waals surface area contributed by atoms with Crippen molar-refractivity contribution in [3.05, 3.63) is 0 Å². The topological polar surface area (TPSA) is 40.6 Å². The first-order chi connectivity index (χ1) is 13.5. The largest absolute Gasteiger partial charge is 0.336 e. The molecule has 2 amide bonds. The second-order valence-corrected chi connectivity index (χ2v) is 9.88. The molecule has 1 saturated heterocycles. The second kappa shape index (κ2) is 10.6. The molecule has 3 fully saturated rings. The van der Waals surface area contributed by atoms with Gasteiger partial charge < -0.3 is 9.80 Å². The Balaban J connectivity index is 1.43. The summed E-state index contributed by atoms with van der Waals surface area (Å²) in [5, 5.41) is 0. The summed E-state index contributed by atoms with van der Waals surface area (Å²) in [6.07, 6.45) is 16.8. The molecule has 1 heterocycles. The van der Waals surface area contributed by atoms with E-state index < -0.39 is 0 Å². The predicted octanol–water partition coefficient (Wildman–Crippen LogP) is 5.16. The third kappa shape index (κ3) is 5.97. The molecule has 0 aromatic carbocycles. The highest BCUT2D eigenvalue weighted by molar-refractivity contribution is 5.79. The Kier molecular flexibility index (Phi) is 8.23. The molecular weight excluding hydrogens is 348 g/mol. The van der Waals surface area contributed by atoms with Gasteiger partial charge in [0, 0.05) is 38.0 Å². The molecule has 0 aromatic rings. The average Bonchev–Trinajstić information content (AvgIpc) is 2.73. The van der Waals surface area contributed by atoms with Crippen LogP contribution in [-0.2, 0) is 9.59 Å². The van der Waals surface area contributed by atoms with Crippen LogP contribution in [-0.4, -0.2) is 46.8 Å². The summed E-state index contributed by atoms with van der Waals surface area (Å²) in [6.45, 7) is 5.65. The minimum absolute atomic E-state index is 0.147. The molecule has 4 heteroatoms. The van der Waals surface area contributed by atoms with Crippen LogP contribution in [0.25, 0.3) is 0 Å². The molecular formula is C24H42N2O2. The molecule has 0 aromatic heterocycles. The van der Waals surface area contributed by atoms with Gasteiger partial charge in [-0.3, -0.25) is 9.59 Å². The normalized spacial score (nSPS) is 27.8. The highest BCUT2D eigenvalue weighted by atomic mass is 16.2. The zero-order valence-electron chi connectivity index (χ0n) is 18.3. The van der Waals surface area contributed by atoms with Crippen LogP contribution in [0.5, 0.6) is 0 Å². The van der Waals surface area contributed by atoms with Crippen molar-refractivity contribution in [2.45, 2.75) is 116 Å². The number of nitrogens with zero attached hydrogens (tertiary/aromatic N) is 2. The van der Waals surface area contributed by atoms with Gasteiger partial charge >= 0.3 is 0 Å². The Bertz CT molecular complexity index is 463. The Hall–Kier alpha value is -1.06. The van der Waals surface area contributed by atoms with E-state index in [0.717, 1.165) is 24.7 Å². The van der Waals surface area contributed by atoms with Gasteiger partial charge in [-0.05, 0) is 38.5 Å². The van der Waals surface area contributed by atoms with Gasteiger partial charge in [-0.1, -0.05) is 64.2 Å². The van der Waals surface area contributed by atoms with Gasteiger partial charge in [0.05, 0.1) is 0 Å². The first kappa shape index (κ1) is 21.6. The minimum Gasteiger partial charge on any atom is -0.336 e. The van der Waals surface area contributed by atoms with Crippen LogP contribution in [0.4, 0.5) is 0 Å². The fourth-order valence-electron chi connectivity index (χ4n) is 5.72. The van der Waals surface area contributed by atoms with Crippen LogP contribution in [0, 0.1) is 11.8 Å². The highest BCUT2D eigenvalue weighted by Gasteiger charge is 2.34. The molecule has 28 heavy (non-hydrogen) atoms. The SMILES string of the molecule is C[C@@H]1CN(C(=O)CCC2CCCCC2)[C@@H](C)CN1C(=O)CCC1CCCCC1. The van der Waals surface area contributed by atoms with Gasteiger partial charge in [0.2, 0.25) is 11.8 Å². The molecule has 2 saturated carbocycles. The quantitative estimate of drug-likeness (QED) is 0.629. The molecule has 3 aliphatic rings. The standard InChI is InChI=1S/C24H42N2O2/c1-19-17-26(24(28)16-14-22-11-7-4-8-12-22)20(2)18-25(19)23(27)15-13-21-9-5-3-6-10-21/h19-22H,3-18H2,1-2H3/t19-,20+. The molecule has 0 N–H and O–H groups in total. The van der Waals surface area contributed by atoms with Gasteiger partial charge in [-0.25, -0.2) is 0 Å². The first-order valence-electron chi connectivity index (χ1n) is 12.1. The van der Waals surface area contributed by atoms with Crippen molar-refractivity contribution in [3.63, 3.8) is 0 Å². The number of carbonyl (C=O) groups is 2. The summed E-state index contributed by atoms with van der Waals surface area (Å²) in [5.41, 5.74) is 0. The lowest BCUT2D eigenvalue weighted by molar-refractivity contribution is -0.146. The fourth-order valence-corrected chi connectivity index (χ4v) is 5.72. The number of hydrogen-bond donors (Lipinski definition) is 0. The zero-order valence-corrected chi connectivity index (χ0v) is 18.3. The minimum atomic E-state index is 0.147. The summed E-state index contributed by atoms with van der Waals surface area (Å²) in [5.74, 6) is 2.12. The van der Waals surface area contributed by atoms with Crippen molar-refractivity contribution < 1.29 is 9.59 Å². The van der Waals surface area contributed by atoms with Crippen LogP contribution >= 0.6 is 0 Å². The van der Waals surface area contributed by atoms with E-state index in [0.29, 0.717) is 37.7 Å². The van der Waals surface area contributed by atoms with E-state index in [4.69, 9.17) is 0 Å². The van der Waals surface area contributed by atoms with Crippen LogP contribution in [0.15, 0.2) is 0 Å². The number of piperazine rings is 1. The molecule has 0 unspecified atom stereocenters. The Morgan fingerprint density at radius 3 is 1.36 bits per heavy atom. The number of hydrogen-bond acceptors (Lipinski definition) is 2. The maximum atomic E-state index is 12.8. The van der Waals surface area contributed by atoms with Gasteiger partial charge in [0.25, 0.3) is 0 Å². The fraction of sp³-hybridized carbons (Fsp3) is 0.917. The molecule has 1 aliphatic heterocycles. The van der Waals surface area contributed by atoms with Crippen LogP contribution in [0.1, 0.15) is 104 Å². The average molecular weight is 391 g/mol. The third-order valence-electron chi connectivity index (χ3n) is 7.61. The Morgan fingerprint density at radius 1 is 0.643 bits per heavy atom. The van der Waals surface area contributed by atoms with Gasteiger partial charge in [-0.15, -0.1) is 0 Å². The van der Waals surface area contributed by atoms with Gasteiger partial charge in [0.15, 0.2) is 0 Å². The van der Waals surface area contributed by atoms with Crippen molar-refractivity contribution in [2.24, 2.45) is 11.8 Å². The maximum Gasteiger partial charge on any atom is 0.222 e. The molecule has 2 atom stereocenters. The van der Waals surface area contributed by atoms with Crippen LogP contribution in [0.3, 0.4) is 0 Å². The summed E-state index contributed by atoms with van der Waals surface area (Å²) < 4.78 is 0. The lowest BCUT2D eigenvalue weighted by Gasteiger charge is -2.44. The maximum absolute atomic E-state index is 12.8. The third-order valence-corrected chi connectivity index (χ3v) is 7.61. The lowest BCUT2D eigenvalue weighted by atomic mass is 9.86. The molecule has 2 aliphatic carbocycles. The van der Waals surface area contributed by atoms with Crippen LogP contribution in [0.2, 0.25) is 0 Å². The van der Waals surface area contributed by atoms with E-state index in [1.165, 1.54) is 64.2 Å². The second-order valence-electron chi connectivity index (χ2n) is 9.88. The molecule has 4 nitrogen and oxygen atoms in total. The predicted molar refractivity (Wildman–Crippen MR) is 114 cm³/mol. The Labute approximate surface area is 172 Å². The van der Waals surface area contributed by atoms with Gasteiger partial charge in [-0.2, -0.15) is 0 Å². The van der Waals surface area contributed by atoms with E-state index in [2.05, 4.69) is 23.6 Å². The lowest BCUT2D eigenvalue weighted by Crippen LogP contribution is -2.59. The Morgan fingerprint density at radius 2 is 1.00 bits per heavy atom. The summed E-state index contributed by atoms with van der Waals surface area (Å²) >= 11 is 0. The molecule has 0 bridgehead atoms. The van der Waals surface area contributed by atoms with Crippen molar-refractivity contribution in [2.75, 3.05) is 13.1 Å². The molecule has 0 spiro atoms. The summed E-state index contributed by atoms with van der Waals surface area (Å²) in [4.78, 5) is 29.8. The van der Waals surface area contributed by atoms with Gasteiger partial charge in [0.1, 0.15) is 0 Å². The van der Waals surface area contributed by atoms with Crippen LogP contribution < -0.4 is 0 Å². The summed E-state index contributed by atoms with van der Waals surface area (Å²) in [7, 11) is 0. The molecule has 0 radical (unpaired) electrons. The summed E-state index contributed by atoms with van der Waals surface area (Å²) in [6, 6.07) is 0.294. The van der Waals surface area contributed by atoms with E-state index in [-0.39, 0.29) is 12.1 Å². The monoisotopic (exact) mass is 390 g/mol. The molecule has 3 rings (SSSR count). The van der Waals surface area contributed by atoms with Crippen molar-refractivity contribution in [1.82, 2.24) is 9.80 Å². The van der Waals surface area contributed by atoms with E-state index in [1.807, 2.05) is 0 Å². The molecule has 160 valence electrons. The van der Waals surface area contributed by atoms with E-state index in [9.17, 15) is 9.59 Å². The number of rotatable bonds is 6. The number of amides is 2. The van der Waals surface area contributed by atoms with Crippen molar-refractivity contribution in [3.8, 4) is 0 Å². The number of carbonyl (C=O) groups excluding carboxylic acids is 2. The zero-order chi connectivity index (χ0) is 19.9. The highest BCUT2D eigenvalue weighted by Crippen LogP contribution is 2.29. The van der Waals surface area contributed by atoms with E-state index in [1.54, 1.807) is 0 Å².